The molecule has 0 aliphatic carbocycles. The first-order chi connectivity index (χ1) is 25.6. The predicted octanol–water partition coefficient (Wildman–Crippen LogP) is 8.58. The first kappa shape index (κ1) is 35.1. The average molecular weight is 745 g/mol. The molecule has 0 aromatic heterocycles. The molecule has 3 aliphatic rings. The van der Waals surface area contributed by atoms with Gasteiger partial charge < -0.3 is 24.2 Å². The normalized spacial score (nSPS) is 22.0. The number of anilines is 3. The molecule has 0 bridgehead atoms. The minimum Gasteiger partial charge on any atom is -0.497 e. The van der Waals surface area contributed by atoms with Gasteiger partial charge in [0.2, 0.25) is 0 Å². The average Bonchev–Trinajstić information content (AvgIpc) is 3.53. The second-order valence-corrected chi connectivity index (χ2v) is 19.7. The van der Waals surface area contributed by atoms with Crippen molar-refractivity contribution in [3.05, 3.63) is 137 Å². The van der Waals surface area contributed by atoms with E-state index < -0.39 is 13.7 Å². The number of fused-ring (bicyclic) bond motifs is 4. The van der Waals surface area contributed by atoms with E-state index in [2.05, 4.69) is 32.2 Å². The zero-order valence-electron chi connectivity index (χ0n) is 30.1. The van der Waals surface area contributed by atoms with E-state index in [0.717, 1.165) is 22.6 Å². The molecule has 5 aromatic carbocycles. The lowest BCUT2D eigenvalue weighted by Crippen LogP contribution is -2.51. The zero-order valence-corrected chi connectivity index (χ0v) is 31.8. The van der Waals surface area contributed by atoms with Crippen LogP contribution >= 0.6 is 11.6 Å². The van der Waals surface area contributed by atoms with Crippen LogP contribution < -0.4 is 24.5 Å². The van der Waals surface area contributed by atoms with Gasteiger partial charge in [-0.2, -0.15) is 0 Å². The molecule has 2 amide bonds. The van der Waals surface area contributed by atoms with Crippen molar-refractivity contribution in [2.45, 2.75) is 50.2 Å². The molecule has 1 fully saturated rings. The first-order valence-corrected chi connectivity index (χ1v) is 21.4. The van der Waals surface area contributed by atoms with Crippen LogP contribution in [0.3, 0.4) is 0 Å². The van der Waals surface area contributed by atoms with Crippen LogP contribution in [-0.4, -0.2) is 44.8 Å². The minimum absolute atomic E-state index is 0.00122. The van der Waals surface area contributed by atoms with Crippen molar-refractivity contribution in [3.63, 3.8) is 0 Å². The third-order valence-electron chi connectivity index (χ3n) is 11.4. The molecule has 270 valence electrons. The SMILES string of the molecule is COc1ccc([Si](C)(C)[C@@H]2[C@@H](CCO)O[C@]3(C(=O)N(Cc4cccc(N5C(=O)c6ccccc6Oc6ccccc65)c4)c4ccc(Cl)cc43)[C@H]2C)cc1. The molecule has 8 rings (SSSR count). The topological polar surface area (TPSA) is 88.5 Å². The number of aliphatic hydroxyl groups excluding tert-OH is 1. The molecule has 4 atom stereocenters. The lowest BCUT2D eigenvalue weighted by molar-refractivity contribution is -0.146. The summed E-state index contributed by atoms with van der Waals surface area (Å²) in [4.78, 5) is 32.8. The molecular formula is C43H41ClN2O6Si. The van der Waals surface area contributed by atoms with E-state index >= 15 is 4.79 Å². The quantitative estimate of drug-likeness (QED) is 0.160. The molecule has 5 aromatic rings. The lowest BCUT2D eigenvalue weighted by atomic mass is 9.82. The van der Waals surface area contributed by atoms with Gasteiger partial charge in [-0.25, -0.2) is 0 Å². The maximum Gasteiger partial charge on any atom is 0.266 e. The highest BCUT2D eigenvalue weighted by Gasteiger charge is 2.66. The Morgan fingerprint density at radius 1 is 0.868 bits per heavy atom. The van der Waals surface area contributed by atoms with Crippen LogP contribution in [0.4, 0.5) is 17.1 Å². The second kappa shape index (κ2) is 13.5. The number of aliphatic hydroxyl groups is 1. The number of ether oxygens (including phenoxy) is 3. The van der Waals surface area contributed by atoms with Crippen molar-refractivity contribution >= 4 is 53.7 Å². The zero-order chi connectivity index (χ0) is 37.1. The number of para-hydroxylation sites is 3. The molecule has 3 aliphatic heterocycles. The molecule has 1 saturated heterocycles. The van der Waals surface area contributed by atoms with Crippen LogP contribution in [0.2, 0.25) is 23.7 Å². The summed E-state index contributed by atoms with van der Waals surface area (Å²) in [6, 6.07) is 36.2. The number of nitrogens with zero attached hydrogens (tertiary/aromatic N) is 2. The van der Waals surface area contributed by atoms with E-state index in [1.165, 1.54) is 5.19 Å². The number of benzene rings is 5. The molecule has 0 saturated carbocycles. The molecule has 3 heterocycles. The number of carbonyl (C=O) groups is 2. The van der Waals surface area contributed by atoms with Crippen molar-refractivity contribution < 1.29 is 28.9 Å². The van der Waals surface area contributed by atoms with Crippen LogP contribution in [0.1, 0.15) is 34.8 Å². The van der Waals surface area contributed by atoms with Crippen LogP contribution in [0.5, 0.6) is 17.2 Å². The van der Waals surface area contributed by atoms with E-state index in [4.69, 9.17) is 25.8 Å². The number of amides is 2. The summed E-state index contributed by atoms with van der Waals surface area (Å²) in [7, 11) is -0.678. The largest absolute Gasteiger partial charge is 0.497 e. The summed E-state index contributed by atoms with van der Waals surface area (Å²) in [5, 5.41) is 12.0. The third kappa shape index (κ3) is 5.65. The highest BCUT2D eigenvalue weighted by molar-refractivity contribution is 6.91. The van der Waals surface area contributed by atoms with Crippen molar-refractivity contribution in [3.8, 4) is 17.2 Å². The maximum atomic E-state index is 15.2. The van der Waals surface area contributed by atoms with Crippen molar-refractivity contribution in [1.29, 1.82) is 0 Å². The Morgan fingerprint density at radius 3 is 2.36 bits per heavy atom. The van der Waals surface area contributed by atoms with Gasteiger partial charge in [0.1, 0.15) is 11.5 Å². The van der Waals surface area contributed by atoms with Gasteiger partial charge in [0.05, 0.1) is 44.8 Å². The summed E-state index contributed by atoms with van der Waals surface area (Å²) in [5.41, 5.74) is 2.76. The van der Waals surface area contributed by atoms with Gasteiger partial charge in [-0.15, -0.1) is 0 Å². The molecule has 0 unspecified atom stereocenters. The molecule has 53 heavy (non-hydrogen) atoms. The summed E-state index contributed by atoms with van der Waals surface area (Å²) in [6.45, 7) is 6.93. The van der Waals surface area contributed by atoms with E-state index in [9.17, 15) is 9.90 Å². The fourth-order valence-corrected chi connectivity index (χ4v) is 13.1. The highest BCUT2D eigenvalue weighted by Crippen LogP contribution is 2.60. The molecule has 1 N–H and O–H groups in total. The summed E-state index contributed by atoms with van der Waals surface area (Å²) < 4.78 is 18.7. The van der Waals surface area contributed by atoms with E-state index in [1.807, 2.05) is 84.9 Å². The smallest absolute Gasteiger partial charge is 0.266 e. The van der Waals surface area contributed by atoms with Crippen LogP contribution in [-0.2, 0) is 21.7 Å². The maximum absolute atomic E-state index is 15.2. The fraction of sp³-hybridized carbons (Fsp3) is 0.256. The van der Waals surface area contributed by atoms with Gasteiger partial charge in [-0.1, -0.05) is 85.3 Å². The Kier molecular flexibility index (Phi) is 8.93. The number of hydrogen-bond acceptors (Lipinski definition) is 6. The number of rotatable bonds is 8. The Balaban J connectivity index is 1.17. The molecule has 8 nitrogen and oxygen atoms in total. The highest BCUT2D eigenvalue weighted by atomic mass is 35.5. The predicted molar refractivity (Wildman–Crippen MR) is 210 cm³/mol. The Hall–Kier alpha value is -4.93. The number of hydrogen-bond donors (Lipinski definition) is 1. The van der Waals surface area contributed by atoms with Crippen molar-refractivity contribution in [2.75, 3.05) is 23.5 Å². The van der Waals surface area contributed by atoms with Crippen molar-refractivity contribution in [2.24, 2.45) is 5.92 Å². The van der Waals surface area contributed by atoms with Crippen LogP contribution in [0.15, 0.2) is 115 Å². The minimum atomic E-state index is -2.33. The van der Waals surface area contributed by atoms with Gasteiger partial charge >= 0.3 is 0 Å². The van der Waals surface area contributed by atoms with Gasteiger partial charge in [0, 0.05) is 28.8 Å². The summed E-state index contributed by atoms with van der Waals surface area (Å²) in [6.07, 6.45) is 0.0595. The van der Waals surface area contributed by atoms with Crippen molar-refractivity contribution in [1.82, 2.24) is 0 Å². The molecule has 10 heteroatoms. The lowest BCUT2D eigenvalue weighted by Gasteiger charge is -2.37. The number of halogens is 1. The summed E-state index contributed by atoms with van der Waals surface area (Å²) >= 11 is 6.67. The monoisotopic (exact) mass is 744 g/mol. The van der Waals surface area contributed by atoms with Crippen LogP contribution in [0, 0.1) is 5.92 Å². The van der Waals surface area contributed by atoms with Gasteiger partial charge in [0.25, 0.3) is 11.8 Å². The molecule has 1 spiro atoms. The Labute approximate surface area is 315 Å². The second-order valence-electron chi connectivity index (χ2n) is 14.6. The van der Waals surface area contributed by atoms with Crippen LogP contribution in [0.25, 0.3) is 0 Å². The number of methoxy groups -OCH3 is 1. The number of carbonyl (C=O) groups excluding carboxylic acids is 2. The molecular weight excluding hydrogens is 704 g/mol. The fourth-order valence-electron chi connectivity index (χ4n) is 8.88. The molecule has 0 radical (unpaired) electrons. The van der Waals surface area contributed by atoms with Gasteiger partial charge in [-0.3, -0.25) is 14.5 Å². The third-order valence-corrected chi connectivity index (χ3v) is 16.0. The summed E-state index contributed by atoms with van der Waals surface area (Å²) in [5.74, 6) is 1.25. The Bertz CT molecular complexity index is 2230. The first-order valence-electron chi connectivity index (χ1n) is 17.9. The standard InChI is InChI=1S/C43H41ClN2O6Si/c1-27-40(53(3,4)32-19-17-31(50-2)18-20-32)39(22-23-47)52-43(27)34-25-29(44)16-21-35(34)45(42(43)49)26-28-10-9-11-30(24-28)46-36-13-6-8-15-38(36)51-37-14-7-5-12-33(37)41(46)48/h5-21,24-25,27,39-40,47H,22-23,26H2,1-4H3/t27-,39+,40-,43+/m0/s1. The van der Waals surface area contributed by atoms with E-state index in [0.29, 0.717) is 39.9 Å². The Morgan fingerprint density at radius 2 is 1.60 bits per heavy atom. The van der Waals surface area contributed by atoms with Gasteiger partial charge in [0.15, 0.2) is 11.4 Å². The van der Waals surface area contributed by atoms with Gasteiger partial charge in [-0.05, 0) is 84.3 Å². The van der Waals surface area contributed by atoms with E-state index in [1.54, 1.807) is 35.1 Å². The van der Waals surface area contributed by atoms with E-state index in [-0.39, 0.29) is 42.5 Å².